The largest absolute Gasteiger partial charge is 0.456 e. The predicted octanol–water partition coefficient (Wildman–Crippen LogP) is 10.9. The van der Waals surface area contributed by atoms with Crippen molar-refractivity contribution in [3.8, 4) is 33.6 Å². The smallest absolute Gasteiger partial charge is 0.135 e. The van der Waals surface area contributed by atoms with Crippen LogP contribution >= 0.6 is 0 Å². The molecule has 39 heavy (non-hydrogen) atoms. The molecule has 0 aliphatic carbocycles. The van der Waals surface area contributed by atoms with E-state index in [4.69, 9.17) is 4.42 Å². The maximum absolute atomic E-state index is 6.24. The highest BCUT2D eigenvalue weighted by Gasteiger charge is 2.18. The molecule has 0 saturated carbocycles. The van der Waals surface area contributed by atoms with Crippen molar-refractivity contribution >= 4 is 43.3 Å². The van der Waals surface area contributed by atoms with Crippen molar-refractivity contribution in [2.45, 2.75) is 0 Å². The van der Waals surface area contributed by atoms with Crippen molar-refractivity contribution < 1.29 is 4.42 Å². The van der Waals surface area contributed by atoms with E-state index in [1.165, 1.54) is 54.6 Å². The lowest BCUT2D eigenvalue weighted by atomic mass is 9.84. The van der Waals surface area contributed by atoms with Crippen LogP contribution in [0.4, 0.5) is 0 Å². The minimum atomic E-state index is 0.888. The van der Waals surface area contributed by atoms with E-state index in [0.717, 1.165) is 22.3 Å². The Balaban J connectivity index is 1.44. The highest BCUT2D eigenvalue weighted by atomic mass is 16.3. The van der Waals surface area contributed by atoms with Crippen LogP contribution in [0.2, 0.25) is 0 Å². The number of furan rings is 1. The summed E-state index contributed by atoms with van der Waals surface area (Å²) in [6, 6.07) is 52.1. The van der Waals surface area contributed by atoms with Crippen LogP contribution in [0.1, 0.15) is 0 Å². The van der Waals surface area contributed by atoms with E-state index < -0.39 is 0 Å². The first-order valence-corrected chi connectivity index (χ1v) is 13.4. The summed E-state index contributed by atoms with van der Waals surface area (Å²) in [7, 11) is 0. The summed E-state index contributed by atoms with van der Waals surface area (Å²) in [6.45, 7) is 0. The van der Waals surface area contributed by atoms with Gasteiger partial charge < -0.3 is 4.42 Å². The average molecular weight is 497 g/mol. The lowest BCUT2D eigenvalue weighted by molar-refractivity contribution is 0.631. The van der Waals surface area contributed by atoms with Gasteiger partial charge in [-0.15, -0.1) is 0 Å². The standard InChI is InChI=1S/C38H24O/c1-3-16-29-25(11-1)13-10-21-30(29)38-33-19-6-4-17-31(33)37(32-18-5-7-20-34(32)38)28-15-9-14-26(23-28)36-24-27-12-2-8-22-35(27)39-36/h1-24H. The summed E-state index contributed by atoms with van der Waals surface area (Å²) >= 11 is 0. The lowest BCUT2D eigenvalue weighted by Gasteiger charge is -2.19. The van der Waals surface area contributed by atoms with Crippen LogP contribution in [-0.4, -0.2) is 0 Å². The zero-order valence-electron chi connectivity index (χ0n) is 21.3. The third kappa shape index (κ3) is 3.48. The van der Waals surface area contributed by atoms with Crippen LogP contribution in [0.25, 0.3) is 76.9 Å². The highest BCUT2D eigenvalue weighted by Crippen LogP contribution is 2.45. The second-order valence-corrected chi connectivity index (χ2v) is 10.1. The van der Waals surface area contributed by atoms with E-state index >= 15 is 0 Å². The topological polar surface area (TPSA) is 13.1 Å². The van der Waals surface area contributed by atoms with Gasteiger partial charge in [-0.05, 0) is 72.8 Å². The third-order valence-corrected chi connectivity index (χ3v) is 7.85. The molecule has 1 aromatic heterocycles. The van der Waals surface area contributed by atoms with Gasteiger partial charge in [0.2, 0.25) is 0 Å². The van der Waals surface area contributed by atoms with E-state index in [-0.39, 0.29) is 0 Å². The predicted molar refractivity (Wildman–Crippen MR) is 165 cm³/mol. The first-order valence-electron chi connectivity index (χ1n) is 13.4. The van der Waals surface area contributed by atoms with E-state index in [0.29, 0.717) is 0 Å². The molecule has 0 atom stereocenters. The molecule has 0 N–H and O–H groups in total. The second-order valence-electron chi connectivity index (χ2n) is 10.1. The van der Waals surface area contributed by atoms with Gasteiger partial charge in [0.05, 0.1) is 0 Å². The molecule has 0 amide bonds. The van der Waals surface area contributed by atoms with Crippen molar-refractivity contribution in [3.05, 3.63) is 146 Å². The number of hydrogen-bond donors (Lipinski definition) is 0. The fourth-order valence-corrected chi connectivity index (χ4v) is 6.13. The fourth-order valence-electron chi connectivity index (χ4n) is 6.13. The Bertz CT molecular complexity index is 2080. The summed E-state index contributed by atoms with van der Waals surface area (Å²) in [5.74, 6) is 0.888. The van der Waals surface area contributed by atoms with Crippen molar-refractivity contribution in [1.82, 2.24) is 0 Å². The molecule has 0 fully saturated rings. The first-order chi connectivity index (χ1) is 19.3. The van der Waals surface area contributed by atoms with Gasteiger partial charge in [0, 0.05) is 10.9 Å². The average Bonchev–Trinajstić information content (AvgIpc) is 3.44. The van der Waals surface area contributed by atoms with Crippen LogP contribution in [-0.2, 0) is 0 Å². The van der Waals surface area contributed by atoms with Crippen LogP contribution < -0.4 is 0 Å². The van der Waals surface area contributed by atoms with Crippen LogP contribution in [0.5, 0.6) is 0 Å². The number of benzene rings is 7. The van der Waals surface area contributed by atoms with Crippen LogP contribution in [0.15, 0.2) is 150 Å². The number of hydrogen-bond acceptors (Lipinski definition) is 1. The quantitative estimate of drug-likeness (QED) is 0.222. The van der Waals surface area contributed by atoms with E-state index in [1.54, 1.807) is 0 Å². The molecule has 1 heteroatoms. The zero-order valence-corrected chi connectivity index (χ0v) is 21.3. The normalized spacial score (nSPS) is 11.6. The highest BCUT2D eigenvalue weighted by molar-refractivity contribution is 6.23. The van der Waals surface area contributed by atoms with Gasteiger partial charge in [-0.1, -0.05) is 127 Å². The van der Waals surface area contributed by atoms with Gasteiger partial charge in [0.1, 0.15) is 11.3 Å². The third-order valence-electron chi connectivity index (χ3n) is 7.85. The summed E-state index contributed by atoms with van der Waals surface area (Å²) in [5.41, 5.74) is 6.98. The van der Waals surface area contributed by atoms with Gasteiger partial charge in [0.15, 0.2) is 0 Å². The van der Waals surface area contributed by atoms with Gasteiger partial charge in [-0.3, -0.25) is 0 Å². The first kappa shape index (κ1) is 21.9. The Labute approximate surface area is 226 Å². The molecule has 0 unspecified atom stereocenters. The molecule has 0 saturated heterocycles. The number of fused-ring (bicyclic) bond motifs is 4. The molecular formula is C38H24O. The summed E-state index contributed by atoms with van der Waals surface area (Å²) in [4.78, 5) is 0. The molecule has 1 nitrogen and oxygen atoms in total. The maximum atomic E-state index is 6.24. The molecule has 8 aromatic rings. The molecule has 0 aliphatic heterocycles. The fraction of sp³-hybridized carbons (Fsp3) is 0. The van der Waals surface area contributed by atoms with Crippen LogP contribution in [0.3, 0.4) is 0 Å². The number of rotatable bonds is 3. The van der Waals surface area contributed by atoms with Crippen molar-refractivity contribution in [3.63, 3.8) is 0 Å². The Kier molecular flexibility index (Phi) is 4.89. The van der Waals surface area contributed by atoms with E-state index in [2.05, 4.69) is 127 Å². The van der Waals surface area contributed by atoms with Gasteiger partial charge in [-0.2, -0.15) is 0 Å². The molecule has 1 heterocycles. The van der Waals surface area contributed by atoms with Crippen molar-refractivity contribution in [2.75, 3.05) is 0 Å². The Morgan fingerprint density at radius 1 is 0.359 bits per heavy atom. The van der Waals surface area contributed by atoms with Crippen molar-refractivity contribution in [2.24, 2.45) is 0 Å². The lowest BCUT2D eigenvalue weighted by Crippen LogP contribution is -1.91. The number of para-hydroxylation sites is 1. The molecule has 182 valence electrons. The maximum Gasteiger partial charge on any atom is 0.135 e. The molecule has 0 radical (unpaired) electrons. The zero-order chi connectivity index (χ0) is 25.8. The Morgan fingerprint density at radius 3 is 1.62 bits per heavy atom. The second kappa shape index (κ2) is 8.72. The van der Waals surface area contributed by atoms with Gasteiger partial charge >= 0.3 is 0 Å². The summed E-state index contributed by atoms with van der Waals surface area (Å²) < 4.78 is 6.24. The monoisotopic (exact) mass is 496 g/mol. The minimum absolute atomic E-state index is 0.888. The van der Waals surface area contributed by atoms with Crippen molar-refractivity contribution in [1.29, 1.82) is 0 Å². The molecule has 7 aromatic carbocycles. The van der Waals surface area contributed by atoms with Crippen LogP contribution in [0, 0.1) is 0 Å². The van der Waals surface area contributed by atoms with Gasteiger partial charge in [0.25, 0.3) is 0 Å². The molecule has 8 rings (SSSR count). The van der Waals surface area contributed by atoms with Gasteiger partial charge in [-0.25, -0.2) is 0 Å². The summed E-state index contributed by atoms with van der Waals surface area (Å²) in [5, 5.41) is 8.67. The summed E-state index contributed by atoms with van der Waals surface area (Å²) in [6.07, 6.45) is 0. The SMILES string of the molecule is c1cc(-c2cc3ccccc3o2)cc(-c2c3ccccc3c(-c3cccc4ccccc34)c3ccccc23)c1. The Hall–Kier alpha value is -5.14. The molecule has 0 aliphatic rings. The molecular weight excluding hydrogens is 472 g/mol. The van der Waals surface area contributed by atoms with E-state index in [9.17, 15) is 0 Å². The molecule has 0 spiro atoms. The van der Waals surface area contributed by atoms with E-state index in [1.807, 2.05) is 18.2 Å². The molecule has 0 bridgehead atoms. The minimum Gasteiger partial charge on any atom is -0.456 e. The Morgan fingerprint density at radius 2 is 0.897 bits per heavy atom.